The fourth-order valence-corrected chi connectivity index (χ4v) is 2.25. The summed E-state index contributed by atoms with van der Waals surface area (Å²) in [5, 5.41) is 8.79. The predicted molar refractivity (Wildman–Crippen MR) is 87.9 cm³/mol. The molecule has 0 saturated heterocycles. The van der Waals surface area contributed by atoms with Crippen LogP contribution in [0.4, 0.5) is 16.2 Å². The molecule has 0 radical (unpaired) electrons. The van der Waals surface area contributed by atoms with Crippen LogP contribution in [0.1, 0.15) is 5.56 Å². The van der Waals surface area contributed by atoms with E-state index in [2.05, 4.69) is 16.0 Å². The Labute approximate surface area is 137 Å². The van der Waals surface area contributed by atoms with Gasteiger partial charge in [0, 0.05) is 17.3 Å². The predicted octanol–water partition coefficient (Wildman–Crippen LogP) is 2.99. The van der Waals surface area contributed by atoms with Crippen molar-refractivity contribution in [1.82, 2.24) is 5.32 Å². The van der Waals surface area contributed by atoms with E-state index in [9.17, 15) is 9.59 Å². The first kappa shape index (κ1) is 15.2. The number of hydrogen-bond acceptors (Lipinski definition) is 3. The molecule has 23 heavy (non-hydrogen) atoms. The molecule has 6 nitrogen and oxygen atoms in total. The number of halogens is 1. The fraction of sp³-hybridized carbons (Fsp3) is 0.125. The van der Waals surface area contributed by atoms with Gasteiger partial charge < -0.3 is 20.7 Å². The number of benzene rings is 2. The number of anilines is 2. The van der Waals surface area contributed by atoms with Gasteiger partial charge in [0.25, 0.3) is 5.91 Å². The largest absolute Gasteiger partial charge is 0.482 e. The van der Waals surface area contributed by atoms with Gasteiger partial charge in [-0.3, -0.25) is 4.79 Å². The molecule has 2 aromatic carbocycles. The Kier molecular flexibility index (Phi) is 4.34. The van der Waals surface area contributed by atoms with Gasteiger partial charge in [0.05, 0.1) is 5.69 Å². The second-order valence-corrected chi connectivity index (χ2v) is 5.42. The Morgan fingerprint density at radius 2 is 2.00 bits per heavy atom. The van der Waals surface area contributed by atoms with Crippen molar-refractivity contribution in [2.75, 3.05) is 17.2 Å². The van der Waals surface area contributed by atoms with E-state index in [4.69, 9.17) is 16.3 Å². The van der Waals surface area contributed by atoms with Gasteiger partial charge in [-0.15, -0.1) is 0 Å². The van der Waals surface area contributed by atoms with E-state index in [-0.39, 0.29) is 18.5 Å². The van der Waals surface area contributed by atoms with Crippen molar-refractivity contribution in [2.45, 2.75) is 6.54 Å². The van der Waals surface area contributed by atoms with Crippen molar-refractivity contribution >= 4 is 34.9 Å². The second kappa shape index (κ2) is 6.58. The highest BCUT2D eigenvalue weighted by atomic mass is 35.5. The summed E-state index contributed by atoms with van der Waals surface area (Å²) in [6, 6.07) is 11.9. The molecule has 0 saturated carbocycles. The number of amides is 3. The van der Waals surface area contributed by atoms with E-state index >= 15 is 0 Å². The number of carbonyl (C=O) groups is 2. The lowest BCUT2D eigenvalue weighted by Crippen LogP contribution is -2.28. The van der Waals surface area contributed by atoms with E-state index in [1.165, 1.54) is 0 Å². The summed E-state index contributed by atoms with van der Waals surface area (Å²) in [7, 11) is 0. The normalized spacial score (nSPS) is 12.7. The van der Waals surface area contributed by atoms with Gasteiger partial charge in [-0.2, -0.15) is 0 Å². The zero-order valence-electron chi connectivity index (χ0n) is 12.1. The number of nitrogens with one attached hydrogen (secondary N) is 3. The lowest BCUT2D eigenvalue weighted by molar-refractivity contribution is -0.118. The van der Waals surface area contributed by atoms with Crippen LogP contribution in [0.2, 0.25) is 5.02 Å². The Morgan fingerprint density at radius 1 is 1.22 bits per heavy atom. The highest BCUT2D eigenvalue weighted by molar-refractivity contribution is 6.30. The highest BCUT2D eigenvalue weighted by Crippen LogP contribution is 2.28. The SMILES string of the molecule is O=C1COc2cc(CNC(=O)Nc3ccc(Cl)cc3)ccc2N1. The maximum absolute atomic E-state index is 11.9. The molecule has 1 aliphatic heterocycles. The molecule has 0 atom stereocenters. The van der Waals surface area contributed by atoms with Crippen molar-refractivity contribution in [3.8, 4) is 5.75 Å². The molecule has 7 heteroatoms. The van der Waals surface area contributed by atoms with Crippen LogP contribution < -0.4 is 20.7 Å². The molecule has 0 bridgehead atoms. The Hall–Kier alpha value is -2.73. The standard InChI is InChI=1S/C16H14ClN3O3/c17-11-2-4-12(5-3-11)19-16(22)18-8-10-1-6-13-14(7-10)23-9-15(21)20-13/h1-7H,8-9H2,(H,20,21)(H2,18,19,22). The minimum atomic E-state index is -0.320. The first-order valence-electron chi connectivity index (χ1n) is 6.96. The van der Waals surface area contributed by atoms with Crippen LogP contribution in [0.3, 0.4) is 0 Å². The quantitative estimate of drug-likeness (QED) is 0.809. The van der Waals surface area contributed by atoms with Crippen LogP contribution in [0.15, 0.2) is 42.5 Å². The highest BCUT2D eigenvalue weighted by Gasteiger charge is 2.15. The molecule has 0 fully saturated rings. The van der Waals surface area contributed by atoms with Crippen LogP contribution in [-0.2, 0) is 11.3 Å². The van der Waals surface area contributed by atoms with E-state index in [1.807, 2.05) is 6.07 Å². The van der Waals surface area contributed by atoms with Crippen LogP contribution >= 0.6 is 11.6 Å². The number of hydrogen-bond donors (Lipinski definition) is 3. The lowest BCUT2D eigenvalue weighted by Gasteiger charge is -2.18. The number of carbonyl (C=O) groups excluding carboxylic acids is 2. The molecule has 1 aliphatic rings. The Balaban J connectivity index is 1.56. The van der Waals surface area contributed by atoms with E-state index in [0.29, 0.717) is 28.7 Å². The first-order valence-corrected chi connectivity index (χ1v) is 7.34. The zero-order valence-corrected chi connectivity index (χ0v) is 12.8. The molecule has 3 rings (SSSR count). The van der Waals surface area contributed by atoms with Gasteiger partial charge in [0.15, 0.2) is 6.61 Å². The van der Waals surface area contributed by atoms with Crippen LogP contribution in [0.5, 0.6) is 5.75 Å². The minimum absolute atomic E-state index is 0.000927. The van der Waals surface area contributed by atoms with Crippen LogP contribution in [0.25, 0.3) is 0 Å². The van der Waals surface area contributed by atoms with Crippen LogP contribution in [0, 0.1) is 0 Å². The minimum Gasteiger partial charge on any atom is -0.482 e. The van der Waals surface area contributed by atoms with Gasteiger partial charge in [0.1, 0.15) is 5.75 Å². The van der Waals surface area contributed by atoms with Crippen molar-refractivity contribution in [3.63, 3.8) is 0 Å². The lowest BCUT2D eigenvalue weighted by atomic mass is 10.1. The zero-order chi connectivity index (χ0) is 16.2. The van der Waals surface area contributed by atoms with Gasteiger partial charge in [-0.25, -0.2) is 4.79 Å². The molecule has 1 heterocycles. The Bertz CT molecular complexity index is 747. The monoisotopic (exact) mass is 331 g/mol. The van der Waals surface area contributed by atoms with Crippen molar-refractivity contribution in [1.29, 1.82) is 0 Å². The smallest absolute Gasteiger partial charge is 0.319 e. The topological polar surface area (TPSA) is 79.5 Å². The molecule has 0 spiro atoms. The van der Waals surface area contributed by atoms with E-state index < -0.39 is 0 Å². The van der Waals surface area contributed by atoms with Gasteiger partial charge in [-0.1, -0.05) is 17.7 Å². The number of ether oxygens (including phenoxy) is 1. The molecule has 0 unspecified atom stereocenters. The molecule has 0 aromatic heterocycles. The third-order valence-electron chi connectivity index (χ3n) is 3.23. The van der Waals surface area contributed by atoms with Gasteiger partial charge >= 0.3 is 6.03 Å². The summed E-state index contributed by atoms with van der Waals surface area (Å²) in [5.74, 6) is 0.424. The molecule has 3 N–H and O–H groups in total. The van der Waals surface area contributed by atoms with Gasteiger partial charge in [0.2, 0.25) is 0 Å². The molecular weight excluding hydrogens is 318 g/mol. The first-order chi connectivity index (χ1) is 11.1. The number of urea groups is 1. The van der Waals surface area contributed by atoms with Crippen molar-refractivity contribution in [2.24, 2.45) is 0 Å². The summed E-state index contributed by atoms with van der Waals surface area (Å²) >= 11 is 5.79. The number of fused-ring (bicyclic) bond motifs is 1. The molecule has 0 aliphatic carbocycles. The summed E-state index contributed by atoms with van der Waals surface area (Å²) in [6.07, 6.45) is 0. The third kappa shape index (κ3) is 3.92. The van der Waals surface area contributed by atoms with Crippen LogP contribution in [-0.4, -0.2) is 18.5 Å². The average molecular weight is 332 g/mol. The molecule has 2 aromatic rings. The van der Waals surface area contributed by atoms with Crippen molar-refractivity contribution < 1.29 is 14.3 Å². The van der Waals surface area contributed by atoms with E-state index in [1.54, 1.807) is 36.4 Å². The third-order valence-corrected chi connectivity index (χ3v) is 3.49. The molecular formula is C16H14ClN3O3. The summed E-state index contributed by atoms with van der Waals surface area (Å²) in [5.41, 5.74) is 2.16. The summed E-state index contributed by atoms with van der Waals surface area (Å²) < 4.78 is 5.34. The van der Waals surface area contributed by atoms with Gasteiger partial charge in [-0.05, 0) is 42.0 Å². The Morgan fingerprint density at radius 3 is 2.78 bits per heavy atom. The number of rotatable bonds is 3. The average Bonchev–Trinajstić information content (AvgIpc) is 2.55. The van der Waals surface area contributed by atoms with Crippen molar-refractivity contribution in [3.05, 3.63) is 53.1 Å². The maximum atomic E-state index is 11.9. The summed E-state index contributed by atoms with van der Waals surface area (Å²) in [4.78, 5) is 23.1. The summed E-state index contributed by atoms with van der Waals surface area (Å²) in [6.45, 7) is 0.338. The molecule has 3 amide bonds. The fourth-order valence-electron chi connectivity index (χ4n) is 2.12. The molecule has 118 valence electrons. The van der Waals surface area contributed by atoms with E-state index in [0.717, 1.165) is 5.56 Å². The maximum Gasteiger partial charge on any atom is 0.319 e. The second-order valence-electron chi connectivity index (χ2n) is 4.98.